The van der Waals surface area contributed by atoms with Gasteiger partial charge < -0.3 is 4.98 Å². The summed E-state index contributed by atoms with van der Waals surface area (Å²) in [6.45, 7) is 4.58. The number of fused-ring (bicyclic) bond motifs is 6. The number of nitrogens with one attached hydrogen (secondary N) is 1. The first kappa shape index (κ1) is 14.1. The monoisotopic (exact) mass is 313 g/mol. The summed E-state index contributed by atoms with van der Waals surface area (Å²) in [5.74, 6) is 0. The first-order valence-electron chi connectivity index (χ1n) is 9.25. The van der Waals surface area contributed by atoms with Crippen molar-refractivity contribution in [1.29, 1.82) is 0 Å². The van der Waals surface area contributed by atoms with Crippen LogP contribution in [0.1, 0.15) is 42.0 Å². The van der Waals surface area contributed by atoms with Crippen molar-refractivity contribution >= 4 is 32.6 Å². The van der Waals surface area contributed by atoms with E-state index in [1.165, 1.54) is 69.4 Å². The Kier molecular flexibility index (Phi) is 3.00. The molecule has 1 N–H and O–H groups in total. The standard InChI is InChI=1S/C23H23N/c1-3-15-12-16-8-5-7-11-19(16)23-22(15)21-14(2)18-10-6-4-9-17(18)13-20(21)24-23/h4,6,9-10,12-13,24H,3,5,7-8,11H2,1-2H3. The molecular weight excluding hydrogens is 290 g/mol. The third kappa shape index (κ3) is 1.81. The minimum absolute atomic E-state index is 1.10. The third-order valence-electron chi connectivity index (χ3n) is 5.93. The third-order valence-corrected chi connectivity index (χ3v) is 5.93. The van der Waals surface area contributed by atoms with Crippen LogP contribution in [0.15, 0.2) is 36.4 Å². The molecule has 1 aromatic heterocycles. The Morgan fingerprint density at radius 2 is 1.83 bits per heavy atom. The highest BCUT2D eigenvalue weighted by molar-refractivity contribution is 6.16. The molecule has 0 atom stereocenters. The number of benzene rings is 3. The molecule has 0 unspecified atom stereocenters. The first-order chi connectivity index (χ1) is 11.8. The van der Waals surface area contributed by atoms with E-state index in [4.69, 9.17) is 0 Å². The van der Waals surface area contributed by atoms with E-state index in [0.29, 0.717) is 0 Å². The van der Waals surface area contributed by atoms with E-state index < -0.39 is 0 Å². The summed E-state index contributed by atoms with van der Waals surface area (Å²) in [7, 11) is 0. The average Bonchev–Trinajstić information content (AvgIpc) is 3.01. The van der Waals surface area contributed by atoms with Crippen LogP contribution in [0.25, 0.3) is 32.6 Å². The number of H-pyrrole nitrogens is 1. The van der Waals surface area contributed by atoms with Crippen molar-refractivity contribution in [3.05, 3.63) is 58.7 Å². The van der Waals surface area contributed by atoms with E-state index in [1.807, 2.05) is 0 Å². The second-order valence-corrected chi connectivity index (χ2v) is 7.25. The molecule has 0 saturated carbocycles. The molecule has 0 amide bonds. The summed E-state index contributed by atoms with van der Waals surface area (Å²) in [5, 5.41) is 5.64. The van der Waals surface area contributed by atoms with Crippen LogP contribution in [0.3, 0.4) is 0 Å². The van der Waals surface area contributed by atoms with E-state index in [9.17, 15) is 0 Å². The largest absolute Gasteiger partial charge is 0.354 e. The lowest BCUT2D eigenvalue weighted by Crippen LogP contribution is -2.04. The predicted octanol–water partition coefficient (Wildman–Crippen LogP) is 6.22. The van der Waals surface area contributed by atoms with Gasteiger partial charge in [0.05, 0.1) is 5.52 Å². The molecule has 4 aromatic rings. The molecule has 0 saturated heterocycles. The lowest BCUT2D eigenvalue weighted by Gasteiger charge is -2.18. The minimum Gasteiger partial charge on any atom is -0.354 e. The number of hydrogen-bond donors (Lipinski definition) is 1. The lowest BCUT2D eigenvalue weighted by atomic mass is 9.86. The molecule has 0 radical (unpaired) electrons. The van der Waals surface area contributed by atoms with Crippen LogP contribution in [0, 0.1) is 6.92 Å². The summed E-state index contributed by atoms with van der Waals surface area (Å²) in [6, 6.07) is 13.6. The Labute approximate surface area is 142 Å². The van der Waals surface area contributed by atoms with Crippen LogP contribution in [0.4, 0.5) is 0 Å². The number of hydrogen-bond acceptors (Lipinski definition) is 0. The van der Waals surface area contributed by atoms with E-state index in [1.54, 1.807) is 11.1 Å². The molecule has 1 heteroatoms. The van der Waals surface area contributed by atoms with Gasteiger partial charge in [0.1, 0.15) is 0 Å². The van der Waals surface area contributed by atoms with Crippen LogP contribution in [0.2, 0.25) is 0 Å². The van der Waals surface area contributed by atoms with Crippen molar-refractivity contribution in [3.63, 3.8) is 0 Å². The van der Waals surface area contributed by atoms with Gasteiger partial charge in [-0.25, -0.2) is 0 Å². The van der Waals surface area contributed by atoms with Gasteiger partial charge in [0.15, 0.2) is 0 Å². The maximum Gasteiger partial charge on any atom is 0.0503 e. The van der Waals surface area contributed by atoms with Gasteiger partial charge in [-0.3, -0.25) is 0 Å². The summed E-state index contributed by atoms with van der Waals surface area (Å²) < 4.78 is 0. The van der Waals surface area contributed by atoms with E-state index in [2.05, 4.69) is 55.2 Å². The molecular formula is C23H23N. The smallest absolute Gasteiger partial charge is 0.0503 e. The van der Waals surface area contributed by atoms with Gasteiger partial charge in [-0.15, -0.1) is 0 Å². The maximum atomic E-state index is 3.81. The summed E-state index contributed by atoms with van der Waals surface area (Å²) >= 11 is 0. The Morgan fingerprint density at radius 3 is 2.71 bits per heavy atom. The zero-order chi connectivity index (χ0) is 16.3. The van der Waals surface area contributed by atoms with E-state index in [0.717, 1.165) is 6.42 Å². The quantitative estimate of drug-likeness (QED) is 0.429. The molecule has 0 bridgehead atoms. The fraction of sp³-hybridized carbons (Fsp3) is 0.304. The van der Waals surface area contributed by atoms with Gasteiger partial charge in [0, 0.05) is 16.3 Å². The van der Waals surface area contributed by atoms with Crippen LogP contribution in [-0.2, 0) is 19.3 Å². The highest BCUT2D eigenvalue weighted by atomic mass is 14.7. The zero-order valence-electron chi connectivity index (χ0n) is 14.5. The van der Waals surface area contributed by atoms with Crippen molar-refractivity contribution in [3.8, 4) is 0 Å². The predicted molar refractivity (Wildman–Crippen MR) is 104 cm³/mol. The molecule has 24 heavy (non-hydrogen) atoms. The lowest BCUT2D eigenvalue weighted by molar-refractivity contribution is 0.688. The molecule has 5 rings (SSSR count). The van der Waals surface area contributed by atoms with Crippen molar-refractivity contribution in [2.24, 2.45) is 0 Å². The van der Waals surface area contributed by atoms with Gasteiger partial charge in [0.2, 0.25) is 0 Å². The molecule has 3 aromatic carbocycles. The average molecular weight is 313 g/mol. The van der Waals surface area contributed by atoms with Crippen molar-refractivity contribution in [2.75, 3.05) is 0 Å². The van der Waals surface area contributed by atoms with Crippen LogP contribution in [0.5, 0.6) is 0 Å². The summed E-state index contributed by atoms with van der Waals surface area (Å²) in [5.41, 5.74) is 8.80. The van der Waals surface area contributed by atoms with Crippen molar-refractivity contribution in [1.82, 2.24) is 4.98 Å². The fourth-order valence-electron chi connectivity index (χ4n) is 4.75. The number of aromatic nitrogens is 1. The fourth-order valence-corrected chi connectivity index (χ4v) is 4.75. The topological polar surface area (TPSA) is 15.8 Å². The van der Waals surface area contributed by atoms with E-state index in [-0.39, 0.29) is 0 Å². The molecule has 0 spiro atoms. The highest BCUT2D eigenvalue weighted by Gasteiger charge is 2.20. The second kappa shape index (κ2) is 5.11. The second-order valence-electron chi connectivity index (χ2n) is 7.25. The Hall–Kier alpha value is -2.28. The van der Waals surface area contributed by atoms with Crippen molar-refractivity contribution < 1.29 is 0 Å². The van der Waals surface area contributed by atoms with Crippen LogP contribution >= 0.6 is 0 Å². The Bertz CT molecular complexity index is 1100. The number of rotatable bonds is 1. The van der Waals surface area contributed by atoms with Crippen LogP contribution < -0.4 is 0 Å². The Balaban J connectivity index is 2.02. The van der Waals surface area contributed by atoms with E-state index >= 15 is 0 Å². The van der Waals surface area contributed by atoms with Gasteiger partial charge in [-0.05, 0) is 78.1 Å². The SMILES string of the molecule is CCc1cc2c(c3[nH]c4cc5ccccc5c(C)c4c13)CCCC2. The van der Waals surface area contributed by atoms with Crippen molar-refractivity contribution in [2.45, 2.75) is 46.0 Å². The molecule has 1 nitrogen and oxygen atoms in total. The molecule has 1 aliphatic carbocycles. The molecule has 0 aliphatic heterocycles. The molecule has 120 valence electrons. The van der Waals surface area contributed by atoms with Gasteiger partial charge in [-0.2, -0.15) is 0 Å². The first-order valence-corrected chi connectivity index (χ1v) is 9.25. The normalized spacial score (nSPS) is 14.6. The summed E-state index contributed by atoms with van der Waals surface area (Å²) in [6.07, 6.45) is 6.23. The molecule has 0 fully saturated rings. The van der Waals surface area contributed by atoms with Gasteiger partial charge in [0.25, 0.3) is 0 Å². The highest BCUT2D eigenvalue weighted by Crippen LogP contribution is 2.39. The maximum absolute atomic E-state index is 3.81. The van der Waals surface area contributed by atoms with Gasteiger partial charge >= 0.3 is 0 Å². The number of aromatic amines is 1. The minimum atomic E-state index is 1.10. The van der Waals surface area contributed by atoms with Gasteiger partial charge in [-0.1, -0.05) is 37.3 Å². The number of aryl methyl sites for hydroxylation is 4. The molecule has 1 aliphatic rings. The molecule has 1 heterocycles. The zero-order valence-corrected chi connectivity index (χ0v) is 14.5. The summed E-state index contributed by atoms with van der Waals surface area (Å²) in [4.78, 5) is 3.81. The Morgan fingerprint density at radius 1 is 1.00 bits per heavy atom. The van der Waals surface area contributed by atoms with Crippen LogP contribution in [-0.4, -0.2) is 4.98 Å².